The molecular weight excluding hydrogens is 267 g/mol. The Labute approximate surface area is 119 Å². The first-order chi connectivity index (χ1) is 8.88. The number of nitrogens with one attached hydrogen (secondary N) is 1. The van der Waals surface area contributed by atoms with E-state index >= 15 is 0 Å². The third kappa shape index (κ3) is 3.02. The van der Waals surface area contributed by atoms with E-state index in [2.05, 4.69) is 16.3 Å². The quantitative estimate of drug-likeness (QED) is 0.919. The molecule has 1 fully saturated rings. The summed E-state index contributed by atoms with van der Waals surface area (Å²) < 4.78 is 18.9. The molecule has 0 spiro atoms. The minimum absolute atomic E-state index is 0. The summed E-state index contributed by atoms with van der Waals surface area (Å²) in [5.41, 5.74) is 2.31. The van der Waals surface area contributed by atoms with Crippen molar-refractivity contribution in [1.29, 1.82) is 0 Å². The number of nitrogens with zero attached hydrogens (tertiary/aromatic N) is 1. The summed E-state index contributed by atoms with van der Waals surface area (Å²) in [6, 6.07) is 6.02. The Morgan fingerprint density at radius 3 is 2.84 bits per heavy atom. The zero-order chi connectivity index (χ0) is 12.4. The molecule has 0 amide bonds. The molecule has 0 saturated carbocycles. The molecule has 1 saturated heterocycles. The van der Waals surface area contributed by atoms with E-state index < -0.39 is 0 Å². The predicted molar refractivity (Wildman–Crippen MR) is 76.0 cm³/mol. The summed E-state index contributed by atoms with van der Waals surface area (Å²) in [7, 11) is 0. The number of hydrogen-bond donors (Lipinski definition) is 1. The average Bonchev–Trinajstić information content (AvgIpc) is 2.88. The van der Waals surface area contributed by atoms with Crippen molar-refractivity contribution in [2.75, 3.05) is 39.5 Å². The van der Waals surface area contributed by atoms with E-state index in [4.69, 9.17) is 4.74 Å². The van der Waals surface area contributed by atoms with E-state index in [0.29, 0.717) is 0 Å². The number of piperazine rings is 1. The standard InChI is InChI=1S/C14H19FN2O.ClH/c15-10-13(17-6-4-16-5-7-17)11-1-2-14-12(9-11)3-8-18-14;/h1-2,9,13,16H,3-8,10H2;1H/t13-;/m1./s1. The van der Waals surface area contributed by atoms with Gasteiger partial charge in [-0.05, 0) is 17.2 Å². The molecule has 3 nitrogen and oxygen atoms in total. The van der Waals surface area contributed by atoms with Gasteiger partial charge in [-0.3, -0.25) is 4.90 Å². The molecule has 106 valence electrons. The maximum atomic E-state index is 13.4. The van der Waals surface area contributed by atoms with Crippen LogP contribution >= 0.6 is 12.4 Å². The van der Waals surface area contributed by atoms with Gasteiger partial charge in [0, 0.05) is 32.6 Å². The van der Waals surface area contributed by atoms with Crippen molar-refractivity contribution >= 4 is 12.4 Å². The van der Waals surface area contributed by atoms with Crippen molar-refractivity contribution in [3.05, 3.63) is 29.3 Å². The normalized spacial score (nSPS) is 20.3. The smallest absolute Gasteiger partial charge is 0.122 e. The molecule has 2 aliphatic heterocycles. The summed E-state index contributed by atoms with van der Waals surface area (Å²) >= 11 is 0. The van der Waals surface area contributed by atoms with E-state index in [1.807, 2.05) is 12.1 Å². The van der Waals surface area contributed by atoms with Crippen LogP contribution in [0.1, 0.15) is 17.2 Å². The van der Waals surface area contributed by atoms with Gasteiger partial charge < -0.3 is 10.1 Å². The molecule has 1 N–H and O–H groups in total. The highest BCUT2D eigenvalue weighted by Crippen LogP contribution is 2.30. The van der Waals surface area contributed by atoms with Gasteiger partial charge in [0.2, 0.25) is 0 Å². The molecule has 0 radical (unpaired) electrons. The number of ether oxygens (including phenoxy) is 1. The number of rotatable bonds is 3. The summed E-state index contributed by atoms with van der Waals surface area (Å²) in [4.78, 5) is 2.23. The van der Waals surface area contributed by atoms with Crippen LogP contribution in [-0.4, -0.2) is 44.4 Å². The molecule has 0 unspecified atom stereocenters. The van der Waals surface area contributed by atoms with Gasteiger partial charge in [0.05, 0.1) is 12.6 Å². The van der Waals surface area contributed by atoms with Gasteiger partial charge >= 0.3 is 0 Å². The molecule has 5 heteroatoms. The van der Waals surface area contributed by atoms with Crippen LogP contribution in [0.4, 0.5) is 4.39 Å². The SMILES string of the molecule is Cl.FC[C@H](c1ccc2c(c1)CCO2)N1CCNCC1. The fraction of sp³-hybridized carbons (Fsp3) is 0.571. The maximum absolute atomic E-state index is 13.4. The molecule has 0 bridgehead atoms. The molecule has 2 aliphatic rings. The van der Waals surface area contributed by atoms with E-state index in [-0.39, 0.29) is 25.1 Å². The minimum Gasteiger partial charge on any atom is -0.493 e. The zero-order valence-corrected chi connectivity index (χ0v) is 11.7. The zero-order valence-electron chi connectivity index (χ0n) is 10.9. The van der Waals surface area contributed by atoms with Gasteiger partial charge in [0.1, 0.15) is 12.4 Å². The van der Waals surface area contributed by atoms with Crippen molar-refractivity contribution in [3.8, 4) is 5.75 Å². The van der Waals surface area contributed by atoms with E-state index in [9.17, 15) is 4.39 Å². The lowest BCUT2D eigenvalue weighted by Gasteiger charge is -2.33. The summed E-state index contributed by atoms with van der Waals surface area (Å²) in [5.74, 6) is 0.969. The number of alkyl halides is 1. The number of fused-ring (bicyclic) bond motifs is 1. The number of hydrogen-bond acceptors (Lipinski definition) is 3. The van der Waals surface area contributed by atoms with E-state index in [0.717, 1.165) is 50.5 Å². The van der Waals surface area contributed by atoms with Gasteiger partial charge in [-0.15, -0.1) is 12.4 Å². The Balaban J connectivity index is 0.00000133. The first kappa shape index (κ1) is 14.6. The number of benzene rings is 1. The lowest BCUT2D eigenvalue weighted by molar-refractivity contribution is 0.147. The highest BCUT2D eigenvalue weighted by Gasteiger charge is 2.23. The van der Waals surface area contributed by atoms with E-state index in [1.54, 1.807) is 0 Å². The van der Waals surface area contributed by atoms with Crippen molar-refractivity contribution in [2.24, 2.45) is 0 Å². The molecule has 2 heterocycles. The van der Waals surface area contributed by atoms with Crippen molar-refractivity contribution < 1.29 is 9.13 Å². The van der Waals surface area contributed by atoms with Crippen LogP contribution in [0.15, 0.2) is 18.2 Å². The lowest BCUT2D eigenvalue weighted by atomic mass is 10.0. The highest BCUT2D eigenvalue weighted by molar-refractivity contribution is 5.85. The molecule has 19 heavy (non-hydrogen) atoms. The summed E-state index contributed by atoms with van der Waals surface area (Å²) in [6.45, 7) is 4.17. The number of halogens is 2. The van der Waals surface area contributed by atoms with Crippen LogP contribution < -0.4 is 10.1 Å². The first-order valence-corrected chi connectivity index (χ1v) is 6.65. The summed E-state index contributed by atoms with van der Waals surface area (Å²) in [5, 5.41) is 3.30. The van der Waals surface area contributed by atoms with E-state index in [1.165, 1.54) is 5.56 Å². The Hall–Kier alpha value is -0.840. The van der Waals surface area contributed by atoms with Gasteiger partial charge in [0.25, 0.3) is 0 Å². The monoisotopic (exact) mass is 286 g/mol. The Kier molecular flexibility index (Phi) is 5.02. The van der Waals surface area contributed by atoms with Gasteiger partial charge in [-0.1, -0.05) is 12.1 Å². The molecule has 0 aromatic heterocycles. The second-order valence-electron chi connectivity index (χ2n) is 4.92. The molecule has 1 aromatic carbocycles. The second kappa shape index (κ2) is 6.55. The third-order valence-electron chi connectivity index (χ3n) is 3.84. The molecular formula is C14H20ClFN2O. The minimum atomic E-state index is -0.320. The van der Waals surface area contributed by atoms with Gasteiger partial charge in [-0.2, -0.15) is 0 Å². The van der Waals surface area contributed by atoms with Crippen molar-refractivity contribution in [2.45, 2.75) is 12.5 Å². The van der Waals surface area contributed by atoms with Crippen LogP contribution in [0.5, 0.6) is 5.75 Å². The van der Waals surface area contributed by atoms with Gasteiger partial charge in [-0.25, -0.2) is 4.39 Å². The maximum Gasteiger partial charge on any atom is 0.122 e. The molecule has 0 aliphatic carbocycles. The topological polar surface area (TPSA) is 24.5 Å². The van der Waals surface area contributed by atoms with Crippen LogP contribution in [-0.2, 0) is 6.42 Å². The Morgan fingerprint density at radius 2 is 2.11 bits per heavy atom. The molecule has 3 rings (SSSR count). The van der Waals surface area contributed by atoms with Crippen LogP contribution in [0, 0.1) is 0 Å². The fourth-order valence-corrected chi connectivity index (χ4v) is 2.81. The van der Waals surface area contributed by atoms with Crippen molar-refractivity contribution in [3.63, 3.8) is 0 Å². The summed E-state index contributed by atoms with van der Waals surface area (Å²) in [6.07, 6.45) is 0.948. The highest BCUT2D eigenvalue weighted by atomic mass is 35.5. The fourth-order valence-electron chi connectivity index (χ4n) is 2.81. The molecule has 1 atom stereocenters. The van der Waals surface area contributed by atoms with Gasteiger partial charge in [0.15, 0.2) is 0 Å². The van der Waals surface area contributed by atoms with Crippen LogP contribution in [0.25, 0.3) is 0 Å². The largest absolute Gasteiger partial charge is 0.493 e. The Morgan fingerprint density at radius 1 is 1.32 bits per heavy atom. The van der Waals surface area contributed by atoms with Crippen LogP contribution in [0.3, 0.4) is 0 Å². The first-order valence-electron chi connectivity index (χ1n) is 6.65. The lowest BCUT2D eigenvalue weighted by Crippen LogP contribution is -2.45. The van der Waals surface area contributed by atoms with Crippen LogP contribution in [0.2, 0.25) is 0 Å². The average molecular weight is 287 g/mol. The third-order valence-corrected chi connectivity index (χ3v) is 3.84. The molecule has 1 aromatic rings. The predicted octanol–water partition coefficient (Wildman–Crippen LogP) is 1.96. The Bertz CT molecular complexity index is 424. The van der Waals surface area contributed by atoms with Crippen molar-refractivity contribution in [1.82, 2.24) is 10.2 Å². The second-order valence-corrected chi connectivity index (χ2v) is 4.92.